The molecule has 1 amide bonds. The van der Waals surface area contributed by atoms with E-state index in [9.17, 15) is 13.2 Å². The van der Waals surface area contributed by atoms with Crippen LogP contribution in [0.3, 0.4) is 0 Å². The van der Waals surface area contributed by atoms with Gasteiger partial charge in [0, 0.05) is 12.7 Å². The fraction of sp³-hybridized carbons (Fsp3) is 0.412. The van der Waals surface area contributed by atoms with Crippen LogP contribution in [0.2, 0.25) is 0 Å². The number of anilines is 1. The highest BCUT2D eigenvalue weighted by Crippen LogP contribution is 2.24. The minimum Gasteiger partial charge on any atom is -0.360 e. The molecule has 0 aliphatic rings. The second kappa shape index (κ2) is 6.97. The average Bonchev–Trinajstić information content (AvgIpc) is 2.82. The Morgan fingerprint density at radius 3 is 2.20 bits per heavy atom. The molecular formula is C17H23N3O4S. The van der Waals surface area contributed by atoms with Crippen molar-refractivity contribution < 1.29 is 17.7 Å². The highest BCUT2D eigenvalue weighted by molar-refractivity contribution is 7.89. The van der Waals surface area contributed by atoms with Gasteiger partial charge in [-0.2, -0.15) is 4.31 Å². The number of benzene rings is 1. The Balaban J connectivity index is 2.18. The van der Waals surface area contributed by atoms with Gasteiger partial charge in [0.25, 0.3) is 0 Å². The zero-order valence-electron chi connectivity index (χ0n) is 15.3. The topological polar surface area (TPSA) is 92.5 Å². The predicted octanol–water partition coefficient (Wildman–Crippen LogP) is 2.48. The van der Waals surface area contributed by atoms with Gasteiger partial charge in [-0.05, 0) is 45.7 Å². The highest BCUT2D eigenvalue weighted by Gasteiger charge is 2.29. The van der Waals surface area contributed by atoms with Crippen molar-refractivity contribution in [3.8, 4) is 0 Å². The zero-order valence-corrected chi connectivity index (χ0v) is 16.1. The number of aromatic nitrogens is 1. The molecule has 0 saturated carbocycles. The van der Waals surface area contributed by atoms with Crippen molar-refractivity contribution in [1.82, 2.24) is 9.46 Å². The molecular weight excluding hydrogens is 342 g/mol. The van der Waals surface area contributed by atoms with Crippen LogP contribution >= 0.6 is 0 Å². The van der Waals surface area contributed by atoms with E-state index in [1.165, 1.54) is 14.0 Å². The minimum absolute atomic E-state index is 0.00509. The van der Waals surface area contributed by atoms with E-state index in [1.807, 2.05) is 32.9 Å². The molecule has 0 aliphatic carbocycles. The molecule has 0 spiro atoms. The fourth-order valence-corrected chi connectivity index (χ4v) is 4.25. The van der Waals surface area contributed by atoms with Crippen molar-refractivity contribution in [1.29, 1.82) is 0 Å². The van der Waals surface area contributed by atoms with Gasteiger partial charge in [0.05, 0.1) is 6.54 Å². The Kier molecular flexibility index (Phi) is 5.34. The van der Waals surface area contributed by atoms with Crippen LogP contribution in [0, 0.1) is 34.6 Å². The lowest BCUT2D eigenvalue weighted by atomic mass is 10.1. The van der Waals surface area contributed by atoms with Gasteiger partial charge < -0.3 is 9.84 Å². The van der Waals surface area contributed by atoms with Crippen molar-refractivity contribution in [2.45, 2.75) is 39.5 Å². The van der Waals surface area contributed by atoms with Gasteiger partial charge in [0.15, 0.2) is 5.76 Å². The summed E-state index contributed by atoms with van der Waals surface area (Å²) in [7, 11) is -2.50. The summed E-state index contributed by atoms with van der Waals surface area (Å²) in [5, 5.41) is 6.46. The van der Waals surface area contributed by atoms with Crippen molar-refractivity contribution >= 4 is 21.6 Å². The summed E-state index contributed by atoms with van der Waals surface area (Å²) in [6.07, 6.45) is 0. The van der Waals surface area contributed by atoms with Crippen molar-refractivity contribution in [3.05, 3.63) is 40.3 Å². The first-order valence-electron chi connectivity index (χ1n) is 7.81. The van der Waals surface area contributed by atoms with Crippen LogP contribution in [0.25, 0.3) is 0 Å². The number of carbonyl (C=O) groups excluding carboxylic acids is 1. The van der Waals surface area contributed by atoms with Gasteiger partial charge in [0.2, 0.25) is 15.9 Å². The first kappa shape index (κ1) is 19.1. The highest BCUT2D eigenvalue weighted by atomic mass is 32.2. The largest absolute Gasteiger partial charge is 0.360 e. The predicted molar refractivity (Wildman–Crippen MR) is 95.1 cm³/mol. The SMILES string of the molecule is Cc1cc(C)c(NC(=O)CN(C)S(=O)(=O)c2c(C)noc2C)c(C)c1. The van der Waals surface area contributed by atoms with E-state index in [2.05, 4.69) is 10.5 Å². The lowest BCUT2D eigenvalue weighted by molar-refractivity contribution is -0.116. The normalized spacial score (nSPS) is 11.8. The lowest BCUT2D eigenvalue weighted by Crippen LogP contribution is -2.35. The summed E-state index contributed by atoms with van der Waals surface area (Å²) in [5.41, 5.74) is 3.95. The molecule has 1 aromatic heterocycles. The fourth-order valence-electron chi connectivity index (χ4n) is 2.84. The van der Waals surface area contributed by atoms with Crippen LogP contribution in [0.4, 0.5) is 5.69 Å². The molecule has 8 heteroatoms. The molecule has 0 fully saturated rings. The Hall–Kier alpha value is -2.19. The first-order chi connectivity index (χ1) is 11.5. The Labute approximate surface area is 148 Å². The van der Waals surface area contributed by atoms with Gasteiger partial charge in [-0.3, -0.25) is 4.79 Å². The molecule has 0 unspecified atom stereocenters. The third-order valence-corrected chi connectivity index (χ3v) is 5.99. The number of nitrogens with zero attached hydrogens (tertiary/aromatic N) is 2. The lowest BCUT2D eigenvalue weighted by Gasteiger charge is -2.18. The number of hydrogen-bond donors (Lipinski definition) is 1. The molecule has 0 radical (unpaired) electrons. The van der Waals surface area contributed by atoms with Gasteiger partial charge in [-0.1, -0.05) is 22.9 Å². The monoisotopic (exact) mass is 365 g/mol. The second-order valence-electron chi connectivity index (χ2n) is 6.24. The molecule has 2 aromatic rings. The van der Waals surface area contributed by atoms with Gasteiger partial charge in [-0.15, -0.1) is 0 Å². The van der Waals surface area contributed by atoms with Crippen molar-refractivity contribution in [3.63, 3.8) is 0 Å². The van der Waals surface area contributed by atoms with Crippen LogP contribution in [-0.4, -0.2) is 37.4 Å². The van der Waals surface area contributed by atoms with Crippen LogP contribution in [-0.2, 0) is 14.8 Å². The number of hydrogen-bond acceptors (Lipinski definition) is 5. The number of aryl methyl sites for hydroxylation is 5. The smallest absolute Gasteiger partial charge is 0.248 e. The molecule has 0 bridgehead atoms. The Morgan fingerprint density at radius 1 is 1.16 bits per heavy atom. The molecule has 1 N–H and O–H groups in total. The van der Waals surface area contributed by atoms with Crippen LogP contribution in [0.5, 0.6) is 0 Å². The first-order valence-corrected chi connectivity index (χ1v) is 9.25. The minimum atomic E-state index is -3.86. The van der Waals surface area contributed by atoms with Gasteiger partial charge >= 0.3 is 0 Å². The number of likely N-dealkylation sites (N-methyl/N-ethyl adjacent to an activating group) is 1. The van der Waals surface area contributed by atoms with Gasteiger partial charge in [-0.25, -0.2) is 8.42 Å². The summed E-state index contributed by atoms with van der Waals surface area (Å²) in [4.78, 5) is 12.3. The zero-order chi connectivity index (χ0) is 18.9. The maximum Gasteiger partial charge on any atom is 0.248 e. The molecule has 1 heterocycles. The third-order valence-electron chi connectivity index (χ3n) is 3.94. The van der Waals surface area contributed by atoms with Crippen LogP contribution in [0.1, 0.15) is 28.1 Å². The standard InChI is InChI=1S/C17H23N3O4S/c1-10-7-11(2)16(12(3)8-10)18-15(21)9-20(6)25(22,23)17-13(4)19-24-14(17)5/h7-8H,9H2,1-6H3,(H,18,21). The number of sulfonamides is 1. The molecule has 0 saturated heterocycles. The second-order valence-corrected chi connectivity index (χ2v) is 8.22. The molecule has 1 aromatic carbocycles. The van der Waals surface area contributed by atoms with Gasteiger partial charge in [0.1, 0.15) is 10.6 Å². The maximum atomic E-state index is 12.6. The summed E-state index contributed by atoms with van der Waals surface area (Å²) in [6, 6.07) is 3.93. The van der Waals surface area contributed by atoms with E-state index in [-0.39, 0.29) is 22.9 Å². The van der Waals surface area contributed by atoms with Crippen molar-refractivity contribution in [2.75, 3.05) is 18.9 Å². The van der Waals surface area contributed by atoms with E-state index in [4.69, 9.17) is 4.52 Å². The van der Waals surface area contributed by atoms with E-state index in [0.717, 1.165) is 21.0 Å². The quantitative estimate of drug-likeness (QED) is 0.879. The summed E-state index contributed by atoms with van der Waals surface area (Å²) < 4.78 is 31.2. The number of nitrogens with one attached hydrogen (secondary N) is 1. The summed E-state index contributed by atoms with van der Waals surface area (Å²) in [6.45, 7) is 8.56. The van der Waals surface area contributed by atoms with E-state index in [0.29, 0.717) is 5.69 Å². The summed E-state index contributed by atoms with van der Waals surface area (Å²) in [5.74, 6) is -0.206. The molecule has 0 atom stereocenters. The van der Waals surface area contributed by atoms with E-state index in [1.54, 1.807) is 6.92 Å². The summed E-state index contributed by atoms with van der Waals surface area (Å²) >= 11 is 0. The van der Waals surface area contributed by atoms with E-state index >= 15 is 0 Å². The maximum absolute atomic E-state index is 12.6. The average molecular weight is 365 g/mol. The number of carbonyl (C=O) groups is 1. The van der Waals surface area contributed by atoms with E-state index < -0.39 is 15.9 Å². The number of rotatable bonds is 5. The van der Waals surface area contributed by atoms with Crippen LogP contribution in [0.15, 0.2) is 21.6 Å². The number of amides is 1. The Bertz CT molecular complexity index is 873. The van der Waals surface area contributed by atoms with Crippen LogP contribution < -0.4 is 5.32 Å². The molecule has 136 valence electrons. The molecule has 0 aliphatic heterocycles. The Morgan fingerprint density at radius 2 is 1.72 bits per heavy atom. The third kappa shape index (κ3) is 3.91. The molecule has 7 nitrogen and oxygen atoms in total. The molecule has 25 heavy (non-hydrogen) atoms. The van der Waals surface area contributed by atoms with Crippen molar-refractivity contribution in [2.24, 2.45) is 0 Å². The molecule has 2 rings (SSSR count).